The molecule has 2 rings (SSSR count). The van der Waals surface area contributed by atoms with Crippen LogP contribution in [0.3, 0.4) is 0 Å². The van der Waals surface area contributed by atoms with Crippen LogP contribution in [0.4, 0.5) is 0 Å². The number of benzene rings is 1. The highest BCUT2D eigenvalue weighted by molar-refractivity contribution is 6.30. The van der Waals surface area contributed by atoms with Gasteiger partial charge < -0.3 is 10.1 Å². The van der Waals surface area contributed by atoms with Crippen LogP contribution in [0.2, 0.25) is 5.02 Å². The van der Waals surface area contributed by atoms with Gasteiger partial charge in [0.15, 0.2) is 0 Å². The topological polar surface area (TPSA) is 58.6 Å². The third-order valence-corrected chi connectivity index (χ3v) is 4.68. The predicted octanol–water partition coefficient (Wildman–Crippen LogP) is 2.02. The van der Waals surface area contributed by atoms with E-state index in [2.05, 4.69) is 10.2 Å². The maximum atomic E-state index is 12.0. The number of likely N-dealkylation sites (tertiary alicyclic amines) is 1. The molecule has 1 heterocycles. The van der Waals surface area contributed by atoms with Gasteiger partial charge in [-0.05, 0) is 37.6 Å². The molecule has 126 valence electrons. The second-order valence-electron chi connectivity index (χ2n) is 5.94. The van der Waals surface area contributed by atoms with E-state index in [0.29, 0.717) is 24.4 Å². The first-order chi connectivity index (χ1) is 11.0. The van der Waals surface area contributed by atoms with Gasteiger partial charge in [-0.25, -0.2) is 0 Å². The monoisotopic (exact) mass is 338 g/mol. The van der Waals surface area contributed by atoms with Crippen molar-refractivity contribution in [3.05, 3.63) is 34.9 Å². The molecule has 1 N–H and O–H groups in total. The van der Waals surface area contributed by atoms with E-state index >= 15 is 0 Å². The summed E-state index contributed by atoms with van der Waals surface area (Å²) >= 11 is 5.83. The first-order valence-corrected chi connectivity index (χ1v) is 8.17. The van der Waals surface area contributed by atoms with E-state index in [-0.39, 0.29) is 24.0 Å². The van der Waals surface area contributed by atoms with Crippen LogP contribution in [0, 0.1) is 0 Å². The van der Waals surface area contributed by atoms with Crippen LogP contribution in [0.5, 0.6) is 0 Å². The minimum atomic E-state index is -0.186. The Kier molecular flexibility index (Phi) is 6.42. The van der Waals surface area contributed by atoms with E-state index in [9.17, 15) is 9.59 Å². The fourth-order valence-electron chi connectivity index (χ4n) is 2.94. The molecule has 0 radical (unpaired) electrons. The summed E-state index contributed by atoms with van der Waals surface area (Å²) < 4.78 is 4.72. The molecular formula is C17H23ClN2O3. The van der Waals surface area contributed by atoms with Crippen molar-refractivity contribution in [1.29, 1.82) is 0 Å². The third-order valence-electron chi connectivity index (χ3n) is 4.43. The Balaban J connectivity index is 1.76. The van der Waals surface area contributed by atoms with E-state index in [1.165, 1.54) is 7.11 Å². The summed E-state index contributed by atoms with van der Waals surface area (Å²) in [5, 5.41) is 3.64. The van der Waals surface area contributed by atoms with Crippen molar-refractivity contribution in [2.24, 2.45) is 0 Å². The molecule has 1 aliphatic rings. The smallest absolute Gasteiger partial charge is 0.307 e. The summed E-state index contributed by atoms with van der Waals surface area (Å²) in [6, 6.07) is 7.74. The van der Waals surface area contributed by atoms with E-state index in [1.807, 2.05) is 19.2 Å². The van der Waals surface area contributed by atoms with Crippen molar-refractivity contribution in [2.75, 3.05) is 20.7 Å². The fourth-order valence-corrected chi connectivity index (χ4v) is 3.07. The third kappa shape index (κ3) is 5.22. The van der Waals surface area contributed by atoms with Crippen LogP contribution in [0.1, 0.15) is 24.8 Å². The minimum Gasteiger partial charge on any atom is -0.469 e. The zero-order chi connectivity index (χ0) is 16.8. The average Bonchev–Trinajstić information content (AvgIpc) is 2.88. The molecule has 2 atom stereocenters. The van der Waals surface area contributed by atoms with Crippen molar-refractivity contribution in [3.63, 3.8) is 0 Å². The molecule has 0 unspecified atom stereocenters. The van der Waals surface area contributed by atoms with Gasteiger partial charge in [0, 0.05) is 23.7 Å². The van der Waals surface area contributed by atoms with Crippen LogP contribution in [-0.4, -0.2) is 49.6 Å². The van der Waals surface area contributed by atoms with E-state index in [1.54, 1.807) is 12.1 Å². The Morgan fingerprint density at radius 2 is 1.91 bits per heavy atom. The van der Waals surface area contributed by atoms with Crippen molar-refractivity contribution in [1.82, 2.24) is 10.2 Å². The number of hydrogen-bond donors (Lipinski definition) is 1. The minimum absolute atomic E-state index is 0.00265. The van der Waals surface area contributed by atoms with Gasteiger partial charge in [0.25, 0.3) is 0 Å². The molecule has 0 bridgehead atoms. The Hall–Kier alpha value is -1.59. The number of amides is 1. The zero-order valence-electron chi connectivity index (χ0n) is 13.5. The Labute approximate surface area is 141 Å². The Morgan fingerprint density at radius 1 is 1.26 bits per heavy atom. The van der Waals surface area contributed by atoms with Crippen molar-refractivity contribution >= 4 is 23.5 Å². The molecular weight excluding hydrogens is 316 g/mol. The SMILES string of the molecule is COC(=O)C[C@H]1CC[C@@H](CNC(=O)Cc2ccc(Cl)cc2)N1C. The van der Waals surface area contributed by atoms with Crippen molar-refractivity contribution < 1.29 is 14.3 Å². The van der Waals surface area contributed by atoms with Gasteiger partial charge in [-0.2, -0.15) is 0 Å². The molecule has 6 heteroatoms. The molecule has 23 heavy (non-hydrogen) atoms. The van der Waals surface area contributed by atoms with Gasteiger partial charge in [-0.1, -0.05) is 23.7 Å². The summed E-state index contributed by atoms with van der Waals surface area (Å²) in [5.74, 6) is -0.189. The molecule has 1 aromatic rings. The zero-order valence-corrected chi connectivity index (χ0v) is 14.3. The highest BCUT2D eigenvalue weighted by Crippen LogP contribution is 2.24. The van der Waals surface area contributed by atoms with Gasteiger partial charge in [0.2, 0.25) is 5.91 Å². The van der Waals surface area contributed by atoms with E-state index in [0.717, 1.165) is 18.4 Å². The lowest BCUT2D eigenvalue weighted by molar-refractivity contribution is -0.141. The molecule has 0 aromatic heterocycles. The highest BCUT2D eigenvalue weighted by Gasteiger charge is 2.32. The van der Waals surface area contributed by atoms with E-state index in [4.69, 9.17) is 16.3 Å². The van der Waals surface area contributed by atoms with Crippen LogP contribution in [0.25, 0.3) is 0 Å². The highest BCUT2D eigenvalue weighted by atomic mass is 35.5. The number of ether oxygens (including phenoxy) is 1. The van der Waals surface area contributed by atoms with Gasteiger partial charge >= 0.3 is 5.97 Å². The lowest BCUT2D eigenvalue weighted by atomic mass is 10.1. The number of nitrogens with one attached hydrogen (secondary N) is 1. The molecule has 0 spiro atoms. The quantitative estimate of drug-likeness (QED) is 0.806. The lowest BCUT2D eigenvalue weighted by Crippen LogP contribution is -2.42. The number of nitrogens with zero attached hydrogens (tertiary/aromatic N) is 1. The first kappa shape index (κ1) is 17.8. The second-order valence-corrected chi connectivity index (χ2v) is 6.37. The fraction of sp³-hybridized carbons (Fsp3) is 0.529. The largest absolute Gasteiger partial charge is 0.469 e. The molecule has 0 saturated carbocycles. The van der Waals surface area contributed by atoms with Crippen molar-refractivity contribution in [3.8, 4) is 0 Å². The normalized spacial score (nSPS) is 21.2. The first-order valence-electron chi connectivity index (χ1n) is 7.79. The maximum Gasteiger partial charge on any atom is 0.307 e. The molecule has 1 aromatic carbocycles. The summed E-state index contributed by atoms with van der Waals surface area (Å²) in [4.78, 5) is 25.6. The number of likely N-dealkylation sites (N-methyl/N-ethyl adjacent to an activating group) is 1. The van der Waals surface area contributed by atoms with Crippen LogP contribution in [0.15, 0.2) is 24.3 Å². The van der Waals surface area contributed by atoms with Gasteiger partial charge in [0.05, 0.1) is 20.0 Å². The Morgan fingerprint density at radius 3 is 2.57 bits per heavy atom. The molecule has 1 saturated heterocycles. The number of carbonyl (C=O) groups is 2. The maximum absolute atomic E-state index is 12.0. The number of methoxy groups -OCH3 is 1. The second kappa shape index (κ2) is 8.31. The number of rotatable bonds is 6. The van der Waals surface area contributed by atoms with Crippen LogP contribution >= 0.6 is 11.6 Å². The Bertz CT molecular complexity index is 547. The van der Waals surface area contributed by atoms with Crippen molar-refractivity contribution in [2.45, 2.75) is 37.8 Å². The summed E-state index contributed by atoms with van der Waals surface area (Å²) in [7, 11) is 3.41. The number of hydrogen-bond acceptors (Lipinski definition) is 4. The standard InChI is InChI=1S/C17H23ClN2O3/c1-20-14(10-17(22)23-2)7-8-15(20)11-19-16(21)9-12-3-5-13(18)6-4-12/h3-6,14-15H,7-11H2,1-2H3,(H,19,21)/t14-,15+/m1/s1. The van der Waals surface area contributed by atoms with Gasteiger partial charge in [0.1, 0.15) is 0 Å². The van der Waals surface area contributed by atoms with Crippen LogP contribution < -0.4 is 5.32 Å². The average molecular weight is 339 g/mol. The summed E-state index contributed by atoms with van der Waals surface area (Å²) in [5.41, 5.74) is 0.940. The summed E-state index contributed by atoms with van der Waals surface area (Å²) in [6.45, 7) is 0.598. The van der Waals surface area contributed by atoms with Crippen LogP contribution in [-0.2, 0) is 20.7 Å². The lowest BCUT2D eigenvalue weighted by Gasteiger charge is -2.25. The van der Waals surface area contributed by atoms with Gasteiger partial charge in [-0.3, -0.25) is 14.5 Å². The molecule has 1 fully saturated rings. The molecule has 1 amide bonds. The number of esters is 1. The number of halogens is 1. The van der Waals surface area contributed by atoms with Gasteiger partial charge in [-0.15, -0.1) is 0 Å². The number of carbonyl (C=O) groups excluding carboxylic acids is 2. The predicted molar refractivity (Wildman–Crippen MR) is 89.4 cm³/mol. The molecule has 1 aliphatic heterocycles. The molecule has 0 aliphatic carbocycles. The molecule has 5 nitrogen and oxygen atoms in total. The summed E-state index contributed by atoms with van der Waals surface area (Å²) in [6.07, 6.45) is 2.67. The van der Waals surface area contributed by atoms with E-state index < -0.39 is 0 Å².